The molecule has 0 aromatic heterocycles. The molecule has 1 N–H and O–H groups in total. The second-order valence-electron chi connectivity index (χ2n) is 7.33. The minimum Gasteiger partial charge on any atom is -0.459 e. The lowest BCUT2D eigenvalue weighted by molar-refractivity contribution is -0.153. The van der Waals surface area contributed by atoms with E-state index in [1.807, 2.05) is 29.2 Å². The Morgan fingerprint density at radius 3 is 2.82 bits per heavy atom. The highest BCUT2D eigenvalue weighted by Gasteiger charge is 2.32. The van der Waals surface area contributed by atoms with Crippen molar-refractivity contribution in [2.75, 3.05) is 33.1 Å². The van der Waals surface area contributed by atoms with Gasteiger partial charge in [-0.25, -0.2) is 0 Å². The fraction of sp³-hybridized carbons (Fsp3) is 0.571. The van der Waals surface area contributed by atoms with Crippen LogP contribution in [-0.4, -0.2) is 55.3 Å². The first-order valence-corrected chi connectivity index (χ1v) is 10.0. The number of carbonyl (C=O) groups is 1. The summed E-state index contributed by atoms with van der Waals surface area (Å²) in [4.78, 5) is 14.8. The minimum atomic E-state index is -0.518. The van der Waals surface area contributed by atoms with E-state index < -0.39 is 6.29 Å². The first-order chi connectivity index (χ1) is 13.7. The average Bonchev–Trinajstić information content (AvgIpc) is 3.22. The maximum Gasteiger partial charge on any atom is 0.288 e. The number of aliphatic hydroxyl groups excluding tert-OH is 1. The predicted octanol–water partition coefficient (Wildman–Crippen LogP) is 2.54. The molecule has 3 aliphatic rings. The highest BCUT2D eigenvalue weighted by Crippen LogP contribution is 2.38. The quantitative estimate of drug-likeness (QED) is 0.754. The molecule has 152 valence electrons. The summed E-state index contributed by atoms with van der Waals surface area (Å²) < 4.78 is 22.6. The third-order valence-electron chi connectivity index (χ3n) is 5.34. The number of likely N-dealkylation sites (tertiary alicyclic amines) is 1. The van der Waals surface area contributed by atoms with Crippen LogP contribution in [0.5, 0.6) is 11.5 Å². The highest BCUT2D eigenvalue weighted by molar-refractivity contribution is 5.91. The van der Waals surface area contributed by atoms with Gasteiger partial charge in [0.15, 0.2) is 17.3 Å². The normalized spacial score (nSPS) is 23.9. The van der Waals surface area contributed by atoms with Crippen LogP contribution in [-0.2, 0) is 14.3 Å². The van der Waals surface area contributed by atoms with E-state index in [1.54, 1.807) is 0 Å². The van der Waals surface area contributed by atoms with Gasteiger partial charge in [-0.2, -0.15) is 0 Å². The Kier molecular flexibility index (Phi) is 6.02. The topological polar surface area (TPSA) is 77.5 Å². The van der Waals surface area contributed by atoms with Gasteiger partial charge in [0.05, 0.1) is 6.61 Å². The number of amides is 1. The molecule has 3 heterocycles. The van der Waals surface area contributed by atoms with Gasteiger partial charge in [-0.3, -0.25) is 4.79 Å². The van der Waals surface area contributed by atoms with E-state index >= 15 is 0 Å². The molecule has 1 aromatic carbocycles. The van der Waals surface area contributed by atoms with Crippen molar-refractivity contribution >= 4 is 5.91 Å². The van der Waals surface area contributed by atoms with Crippen LogP contribution in [0.25, 0.3) is 0 Å². The number of carbonyl (C=O) groups excluding carboxylic acids is 1. The Morgan fingerprint density at radius 1 is 1.18 bits per heavy atom. The van der Waals surface area contributed by atoms with Gasteiger partial charge in [0.2, 0.25) is 13.1 Å². The first kappa shape index (κ1) is 19.1. The van der Waals surface area contributed by atoms with Crippen LogP contribution in [0.2, 0.25) is 0 Å². The van der Waals surface area contributed by atoms with Gasteiger partial charge in [-0.15, -0.1) is 0 Å². The van der Waals surface area contributed by atoms with Crippen LogP contribution in [0.15, 0.2) is 30.0 Å². The lowest BCUT2D eigenvalue weighted by Crippen LogP contribution is -2.39. The van der Waals surface area contributed by atoms with Crippen molar-refractivity contribution in [3.8, 4) is 11.5 Å². The zero-order valence-electron chi connectivity index (χ0n) is 16.0. The summed E-state index contributed by atoms with van der Waals surface area (Å²) in [7, 11) is 0. The van der Waals surface area contributed by atoms with Gasteiger partial charge in [0.25, 0.3) is 5.91 Å². The average molecular weight is 389 g/mol. The lowest BCUT2D eigenvalue weighted by Gasteiger charge is -2.33. The molecule has 0 radical (unpaired) electrons. The Balaban J connectivity index is 1.55. The number of nitrogens with zero attached hydrogens (tertiary/aromatic N) is 1. The standard InChI is InChI=1S/C21H27NO6/c23-9-4-10-25-20-13-16(15-5-6-17-18(11-15)27-14-26-17)12-19(28-20)21(24)22-7-2-1-3-8-22/h5-6,11-12,16,20,23H,1-4,7-10,13-14H2/t16-,20+/m0/s1. The second-order valence-corrected chi connectivity index (χ2v) is 7.33. The molecule has 28 heavy (non-hydrogen) atoms. The zero-order chi connectivity index (χ0) is 19.3. The molecule has 7 nitrogen and oxygen atoms in total. The molecule has 1 amide bonds. The number of hydrogen-bond acceptors (Lipinski definition) is 6. The molecule has 0 aliphatic carbocycles. The lowest BCUT2D eigenvalue weighted by atomic mass is 9.92. The van der Waals surface area contributed by atoms with Gasteiger partial charge in [-0.05, 0) is 49.5 Å². The smallest absolute Gasteiger partial charge is 0.288 e. The Hall–Kier alpha value is -2.25. The van der Waals surface area contributed by atoms with Crippen molar-refractivity contribution in [2.24, 2.45) is 0 Å². The van der Waals surface area contributed by atoms with Crippen molar-refractivity contribution in [3.05, 3.63) is 35.6 Å². The molecule has 4 rings (SSSR count). The summed E-state index contributed by atoms with van der Waals surface area (Å²) in [5.74, 6) is 1.72. The van der Waals surface area contributed by atoms with Crippen LogP contribution in [0.3, 0.4) is 0 Å². The number of piperidine rings is 1. The fourth-order valence-corrected chi connectivity index (χ4v) is 3.82. The van der Waals surface area contributed by atoms with Crippen molar-refractivity contribution in [3.63, 3.8) is 0 Å². The minimum absolute atomic E-state index is 0.0221. The highest BCUT2D eigenvalue weighted by atomic mass is 16.7. The molecule has 0 spiro atoms. The van der Waals surface area contributed by atoms with Gasteiger partial charge in [0.1, 0.15) is 0 Å². The van der Waals surface area contributed by atoms with Crippen LogP contribution < -0.4 is 9.47 Å². The summed E-state index contributed by atoms with van der Waals surface area (Å²) in [6.07, 6.45) is 5.74. The predicted molar refractivity (Wildman–Crippen MR) is 101 cm³/mol. The number of rotatable bonds is 6. The van der Waals surface area contributed by atoms with Crippen molar-refractivity contribution in [1.29, 1.82) is 0 Å². The monoisotopic (exact) mass is 389 g/mol. The van der Waals surface area contributed by atoms with Gasteiger partial charge >= 0.3 is 0 Å². The van der Waals surface area contributed by atoms with E-state index in [4.69, 9.17) is 24.1 Å². The van der Waals surface area contributed by atoms with E-state index in [0.29, 0.717) is 25.2 Å². The third-order valence-corrected chi connectivity index (χ3v) is 5.34. The second kappa shape index (κ2) is 8.84. The van der Waals surface area contributed by atoms with Gasteiger partial charge < -0.3 is 29.0 Å². The molecule has 1 aromatic rings. The fourth-order valence-electron chi connectivity index (χ4n) is 3.82. The molecule has 2 atom stereocenters. The summed E-state index contributed by atoms with van der Waals surface area (Å²) in [5.41, 5.74) is 1.03. The number of aliphatic hydroxyl groups is 1. The molecule has 0 unspecified atom stereocenters. The van der Waals surface area contributed by atoms with Crippen molar-refractivity contribution in [2.45, 2.75) is 44.3 Å². The SMILES string of the molecule is O=C(C1=C[C@H](c2ccc3c(c2)OCO3)C[C@H](OCCCO)O1)N1CCCCC1. The first-order valence-electron chi connectivity index (χ1n) is 10.0. The molecule has 7 heteroatoms. The molecule has 0 saturated carbocycles. The van der Waals surface area contributed by atoms with E-state index in [9.17, 15) is 4.79 Å². The maximum absolute atomic E-state index is 13.0. The van der Waals surface area contributed by atoms with Crippen LogP contribution in [0.4, 0.5) is 0 Å². The summed E-state index contributed by atoms with van der Waals surface area (Å²) in [5, 5.41) is 9.01. The summed E-state index contributed by atoms with van der Waals surface area (Å²) in [6, 6.07) is 5.85. The molecule has 1 saturated heterocycles. The Bertz CT molecular complexity index is 728. The summed E-state index contributed by atoms with van der Waals surface area (Å²) in [6.45, 7) is 2.22. The molecule has 3 aliphatic heterocycles. The van der Waals surface area contributed by atoms with E-state index in [0.717, 1.165) is 49.4 Å². The zero-order valence-corrected chi connectivity index (χ0v) is 16.0. The maximum atomic E-state index is 13.0. The Morgan fingerprint density at radius 2 is 2.00 bits per heavy atom. The van der Waals surface area contributed by atoms with Crippen molar-refractivity contribution in [1.82, 2.24) is 4.90 Å². The number of ether oxygens (including phenoxy) is 4. The number of allylic oxidation sites excluding steroid dienone is 1. The largest absolute Gasteiger partial charge is 0.459 e. The number of hydrogen-bond donors (Lipinski definition) is 1. The molecule has 0 bridgehead atoms. The molecular formula is C21H27NO6. The van der Waals surface area contributed by atoms with Crippen LogP contribution >= 0.6 is 0 Å². The third kappa shape index (κ3) is 4.25. The van der Waals surface area contributed by atoms with E-state index in [2.05, 4.69) is 0 Å². The van der Waals surface area contributed by atoms with Crippen LogP contribution in [0, 0.1) is 0 Å². The molecule has 1 fully saturated rings. The summed E-state index contributed by atoms with van der Waals surface area (Å²) >= 11 is 0. The number of fused-ring (bicyclic) bond motifs is 1. The number of benzene rings is 1. The Labute approximate surface area is 164 Å². The van der Waals surface area contributed by atoms with E-state index in [-0.39, 0.29) is 25.2 Å². The van der Waals surface area contributed by atoms with E-state index in [1.165, 1.54) is 0 Å². The van der Waals surface area contributed by atoms with Gasteiger partial charge in [-0.1, -0.05) is 6.07 Å². The van der Waals surface area contributed by atoms with Gasteiger partial charge in [0, 0.05) is 32.0 Å². The van der Waals surface area contributed by atoms with Crippen molar-refractivity contribution < 1.29 is 28.8 Å². The van der Waals surface area contributed by atoms with Crippen LogP contribution in [0.1, 0.15) is 43.6 Å². The molecular weight excluding hydrogens is 362 g/mol.